The first-order valence-corrected chi connectivity index (χ1v) is 28.5. The first kappa shape index (κ1) is 51.3. The third kappa shape index (κ3) is 9.33. The van der Waals surface area contributed by atoms with Crippen LogP contribution in [0.5, 0.6) is 0 Å². The lowest BCUT2D eigenvalue weighted by atomic mass is 9.33. The molecule has 0 amide bonds. The Morgan fingerprint density at radius 3 is 1.21 bits per heavy atom. The Hall–Kier alpha value is -9.13. The summed E-state index contributed by atoms with van der Waals surface area (Å²) >= 11 is 0. The van der Waals surface area contributed by atoms with Gasteiger partial charge in [-0.05, 0) is 108 Å². The molecule has 0 saturated heterocycles. The Morgan fingerprint density at radius 2 is 0.704 bits per heavy atom. The molecule has 0 spiro atoms. The molecule has 394 valence electrons. The number of hydrogen-bond acceptors (Lipinski definition) is 5. The zero-order chi connectivity index (χ0) is 55.8. The van der Waals surface area contributed by atoms with E-state index in [1.54, 1.807) is 0 Å². The Balaban J connectivity index is 1.18. The molecule has 2 aliphatic rings. The topological polar surface area (TPSA) is 45.2 Å². The molecule has 5 nitrogen and oxygen atoms in total. The molecule has 0 N–H and O–H groups in total. The van der Waals surface area contributed by atoms with E-state index < -0.39 is 0 Å². The van der Waals surface area contributed by atoms with E-state index in [1.165, 1.54) is 49.8 Å². The van der Waals surface area contributed by atoms with Gasteiger partial charge in [-0.15, -0.1) is 0 Å². The van der Waals surface area contributed by atoms with Crippen molar-refractivity contribution >= 4 is 57.2 Å². The van der Waals surface area contributed by atoms with E-state index in [1.807, 2.05) is 12.1 Å². The van der Waals surface area contributed by atoms with Crippen molar-refractivity contribution in [3.8, 4) is 67.5 Å². The maximum absolute atomic E-state index is 5.50. The lowest BCUT2D eigenvalue weighted by molar-refractivity contribution is 0.569. The molecule has 6 heteroatoms. The van der Waals surface area contributed by atoms with Gasteiger partial charge in [0.15, 0.2) is 17.5 Å². The monoisotopic (exact) mass is 1050 g/mol. The SMILES string of the molecule is CC(C)(C)c1cc(-c2ccc3c(c2)B2c4cccc(-c5nc(-c6ccccc6)nc(-c6ccccc6)n5)c4N(c4ccccc4-c4ccccc4)c4cc(C(C)(C)C)cc(c42)N3c2ccccc2-c2ccccc2)cc(C(C)(C)C)c1. The summed E-state index contributed by atoms with van der Waals surface area (Å²) in [7, 11) is 0. The van der Waals surface area contributed by atoms with E-state index in [0.717, 1.165) is 67.5 Å². The molecule has 0 atom stereocenters. The summed E-state index contributed by atoms with van der Waals surface area (Å²) in [4.78, 5) is 21.3. The molecule has 10 aromatic carbocycles. The van der Waals surface area contributed by atoms with Gasteiger partial charge >= 0.3 is 0 Å². The number of nitrogens with zero attached hydrogens (tertiary/aromatic N) is 5. The predicted molar refractivity (Wildman–Crippen MR) is 343 cm³/mol. The lowest BCUT2D eigenvalue weighted by Crippen LogP contribution is -2.61. The molecule has 3 heterocycles. The van der Waals surface area contributed by atoms with Crippen LogP contribution in [0.4, 0.5) is 34.1 Å². The van der Waals surface area contributed by atoms with E-state index in [0.29, 0.717) is 17.5 Å². The van der Waals surface area contributed by atoms with Crippen LogP contribution in [0.3, 0.4) is 0 Å². The number of anilines is 6. The summed E-state index contributed by atoms with van der Waals surface area (Å²) in [6.45, 7) is 20.8. The van der Waals surface area contributed by atoms with Crippen molar-refractivity contribution in [1.82, 2.24) is 15.0 Å². The van der Waals surface area contributed by atoms with Gasteiger partial charge in [0.25, 0.3) is 6.71 Å². The number of rotatable bonds is 8. The highest BCUT2D eigenvalue weighted by atomic mass is 15.2. The maximum atomic E-state index is 5.50. The molecule has 81 heavy (non-hydrogen) atoms. The van der Waals surface area contributed by atoms with Gasteiger partial charge in [0.2, 0.25) is 0 Å². The third-order valence-corrected chi connectivity index (χ3v) is 16.4. The second kappa shape index (κ2) is 19.9. The van der Waals surface area contributed by atoms with Crippen LogP contribution >= 0.6 is 0 Å². The summed E-state index contributed by atoms with van der Waals surface area (Å²) in [6, 6.07) is 86.6. The number of aromatic nitrogens is 3. The van der Waals surface area contributed by atoms with Crippen molar-refractivity contribution in [2.75, 3.05) is 9.80 Å². The number of hydrogen-bond donors (Lipinski definition) is 0. The molecule has 0 saturated carbocycles. The van der Waals surface area contributed by atoms with Crippen molar-refractivity contribution in [3.05, 3.63) is 253 Å². The van der Waals surface area contributed by atoms with E-state index in [9.17, 15) is 0 Å². The van der Waals surface area contributed by atoms with Crippen LogP contribution < -0.4 is 26.2 Å². The average Bonchev–Trinajstić information content (AvgIpc) is 3.59. The minimum Gasteiger partial charge on any atom is -0.311 e. The van der Waals surface area contributed by atoms with Crippen LogP contribution in [0.2, 0.25) is 0 Å². The maximum Gasteiger partial charge on any atom is 0.252 e. The molecule has 0 bridgehead atoms. The van der Waals surface area contributed by atoms with Crippen LogP contribution in [0.25, 0.3) is 67.5 Å². The molecule has 13 rings (SSSR count). The van der Waals surface area contributed by atoms with Crippen LogP contribution in [-0.2, 0) is 16.2 Å². The van der Waals surface area contributed by atoms with Gasteiger partial charge < -0.3 is 9.80 Å². The quantitative estimate of drug-likeness (QED) is 0.142. The van der Waals surface area contributed by atoms with Crippen molar-refractivity contribution in [1.29, 1.82) is 0 Å². The van der Waals surface area contributed by atoms with Crippen molar-refractivity contribution < 1.29 is 0 Å². The number of fused-ring (bicyclic) bond motifs is 4. The molecule has 2 aliphatic heterocycles. The van der Waals surface area contributed by atoms with Crippen LogP contribution in [0, 0.1) is 0 Å². The average molecular weight is 1050 g/mol. The zero-order valence-corrected chi connectivity index (χ0v) is 47.8. The molecule has 0 aliphatic carbocycles. The summed E-state index contributed by atoms with van der Waals surface area (Å²) in [5.74, 6) is 1.85. The van der Waals surface area contributed by atoms with Gasteiger partial charge in [-0.2, -0.15) is 0 Å². The van der Waals surface area contributed by atoms with Gasteiger partial charge in [-0.25, -0.2) is 15.0 Å². The predicted octanol–water partition coefficient (Wildman–Crippen LogP) is 17.8. The zero-order valence-electron chi connectivity index (χ0n) is 47.8. The lowest BCUT2D eigenvalue weighted by Gasteiger charge is -2.46. The standard InChI is InChI=1S/C75H66BN5/c1-73(2,3)55-43-54(44-56(46-55)74(4,5)6)53-41-42-65-62(45-53)76-61-38-26-37-60(72-78-70(51-31-18-12-19-32-51)77-71(79-72)52-33-20-13-21-34-52)69(61)81(64-40-25-23-36-59(64)50-29-16-11-17-30-50)67-48-57(75(7,8)9)47-66(68(67)76)80(65)63-39-24-22-35-58(63)49-27-14-10-15-28-49/h10-48H,1-9H3. The largest absolute Gasteiger partial charge is 0.311 e. The summed E-state index contributed by atoms with van der Waals surface area (Å²) in [5.41, 5.74) is 23.6. The van der Waals surface area contributed by atoms with Crippen molar-refractivity contribution in [2.24, 2.45) is 0 Å². The van der Waals surface area contributed by atoms with Gasteiger partial charge in [-0.1, -0.05) is 263 Å². The first-order chi connectivity index (χ1) is 39.1. The molecular formula is C75H66BN5. The number of para-hydroxylation sites is 3. The molecule has 0 fully saturated rings. The smallest absolute Gasteiger partial charge is 0.252 e. The summed E-state index contributed by atoms with van der Waals surface area (Å²) in [6.07, 6.45) is 0. The van der Waals surface area contributed by atoms with E-state index in [2.05, 4.69) is 297 Å². The Kier molecular flexibility index (Phi) is 12.6. The minimum atomic E-state index is -0.244. The van der Waals surface area contributed by atoms with E-state index in [-0.39, 0.29) is 23.0 Å². The van der Waals surface area contributed by atoms with Gasteiger partial charge in [0.1, 0.15) is 0 Å². The highest BCUT2D eigenvalue weighted by molar-refractivity contribution is 7.00. The summed E-state index contributed by atoms with van der Waals surface area (Å²) in [5, 5.41) is 0. The molecule has 0 radical (unpaired) electrons. The van der Waals surface area contributed by atoms with Gasteiger partial charge in [-0.3, -0.25) is 0 Å². The Labute approximate surface area is 478 Å². The fourth-order valence-electron chi connectivity index (χ4n) is 12.0. The van der Waals surface area contributed by atoms with Crippen molar-refractivity contribution in [2.45, 2.75) is 78.6 Å². The first-order valence-electron chi connectivity index (χ1n) is 28.5. The van der Waals surface area contributed by atoms with Crippen LogP contribution in [0.15, 0.2) is 237 Å². The second-order valence-electron chi connectivity index (χ2n) is 24.9. The summed E-state index contributed by atoms with van der Waals surface area (Å²) < 4.78 is 0. The fourth-order valence-corrected chi connectivity index (χ4v) is 12.0. The molecule has 0 unspecified atom stereocenters. The van der Waals surface area contributed by atoms with Gasteiger partial charge in [0, 0.05) is 44.9 Å². The van der Waals surface area contributed by atoms with Crippen LogP contribution in [0.1, 0.15) is 79.0 Å². The Bertz CT molecular complexity index is 4080. The second-order valence-corrected chi connectivity index (χ2v) is 24.9. The number of benzene rings is 10. The third-order valence-electron chi connectivity index (χ3n) is 16.4. The highest BCUT2D eigenvalue weighted by Crippen LogP contribution is 2.51. The highest BCUT2D eigenvalue weighted by Gasteiger charge is 2.46. The van der Waals surface area contributed by atoms with E-state index >= 15 is 0 Å². The van der Waals surface area contributed by atoms with Gasteiger partial charge in [0.05, 0.1) is 17.1 Å². The Morgan fingerprint density at radius 1 is 0.284 bits per heavy atom. The molecular weight excluding hydrogens is 982 g/mol. The molecule has 11 aromatic rings. The van der Waals surface area contributed by atoms with E-state index in [4.69, 9.17) is 15.0 Å². The fraction of sp³-hybridized carbons (Fsp3) is 0.160. The molecule has 1 aromatic heterocycles. The van der Waals surface area contributed by atoms with Crippen molar-refractivity contribution in [3.63, 3.8) is 0 Å². The minimum absolute atomic E-state index is 0.0608. The van der Waals surface area contributed by atoms with Crippen LogP contribution in [-0.4, -0.2) is 21.7 Å². The normalized spacial score (nSPS) is 12.9.